The van der Waals surface area contributed by atoms with Gasteiger partial charge in [-0.15, -0.1) is 4.72 Å². The molecule has 0 bridgehead atoms. The summed E-state index contributed by atoms with van der Waals surface area (Å²) in [6, 6.07) is 2.94. The highest BCUT2D eigenvalue weighted by Gasteiger charge is 2.37. The first kappa shape index (κ1) is 27.1. The van der Waals surface area contributed by atoms with Crippen molar-refractivity contribution in [3.8, 4) is 5.75 Å². The van der Waals surface area contributed by atoms with Crippen molar-refractivity contribution in [1.29, 1.82) is 0 Å². The molecule has 0 aliphatic carbocycles. The number of piperidine rings is 1. The van der Waals surface area contributed by atoms with Crippen LogP contribution in [0.3, 0.4) is 0 Å². The molecule has 3 N–H and O–H groups in total. The monoisotopic (exact) mass is 505 g/mol. The van der Waals surface area contributed by atoms with Gasteiger partial charge in [-0.2, -0.15) is 0 Å². The van der Waals surface area contributed by atoms with Gasteiger partial charge in [0.05, 0.1) is 22.7 Å². The van der Waals surface area contributed by atoms with Crippen LogP contribution < -0.4 is 14.8 Å². The Morgan fingerprint density at radius 1 is 1.38 bits per heavy atom. The predicted octanol–water partition coefficient (Wildman–Crippen LogP) is 4.07. The zero-order valence-corrected chi connectivity index (χ0v) is 21.2. The molecule has 7 nitrogen and oxygen atoms in total. The third-order valence-corrected chi connectivity index (χ3v) is 7.52. The van der Waals surface area contributed by atoms with Crippen LogP contribution in [0.2, 0.25) is 10.0 Å². The molecule has 1 aliphatic heterocycles. The van der Waals surface area contributed by atoms with Gasteiger partial charge in [-0.1, -0.05) is 35.9 Å². The lowest BCUT2D eigenvalue weighted by Crippen LogP contribution is -2.48. The fraction of sp³-hybridized carbons (Fsp3) is 0.591. The Morgan fingerprint density at radius 3 is 2.56 bits per heavy atom. The summed E-state index contributed by atoms with van der Waals surface area (Å²) >= 11 is 11.3. The summed E-state index contributed by atoms with van der Waals surface area (Å²) in [5.41, 5.74) is 0.780. The molecule has 10 heteroatoms. The standard InChI is InChI=1S/C22H33Cl2N3O4S/c1-5-12-31-19-14-18(24)17(23)13-16(19)20(26-32(30)22(2,3)4)15-6-9-27(10-7-15)21(29)25-8-11-28/h5,13-15,20,26,28H,1,6-12H2,2-4H3,(H,25,29)/t20?,32-/m1/s1. The molecular weight excluding hydrogens is 473 g/mol. The second kappa shape index (κ2) is 12.3. The number of rotatable bonds is 9. The van der Waals surface area contributed by atoms with E-state index in [9.17, 15) is 9.35 Å². The van der Waals surface area contributed by atoms with Crippen molar-refractivity contribution in [1.82, 2.24) is 14.9 Å². The lowest BCUT2D eigenvalue weighted by molar-refractivity contribution is 0.157. The molecule has 1 aromatic rings. The lowest BCUT2D eigenvalue weighted by Gasteiger charge is -2.38. The van der Waals surface area contributed by atoms with Crippen molar-refractivity contribution in [3.63, 3.8) is 0 Å². The number of halogens is 2. The number of nitrogens with one attached hydrogen (secondary N) is 2. The summed E-state index contributed by atoms with van der Waals surface area (Å²) in [5.74, 6) is 0.650. The van der Waals surface area contributed by atoms with Gasteiger partial charge in [-0.05, 0) is 45.6 Å². The van der Waals surface area contributed by atoms with Crippen LogP contribution in [0.5, 0.6) is 5.75 Å². The fourth-order valence-corrected chi connectivity index (χ4v) is 4.71. The van der Waals surface area contributed by atoms with Crippen LogP contribution in [-0.2, 0) is 11.4 Å². The number of carbonyl (C=O) groups excluding carboxylic acids is 1. The molecule has 0 saturated carbocycles. The van der Waals surface area contributed by atoms with E-state index in [-0.39, 0.29) is 31.1 Å². The molecule has 1 fully saturated rings. The van der Waals surface area contributed by atoms with Crippen molar-refractivity contribution in [2.24, 2.45) is 5.92 Å². The van der Waals surface area contributed by atoms with E-state index in [1.165, 1.54) is 0 Å². The number of nitrogens with zero attached hydrogens (tertiary/aromatic N) is 1. The van der Waals surface area contributed by atoms with Crippen molar-refractivity contribution in [3.05, 3.63) is 40.4 Å². The van der Waals surface area contributed by atoms with Gasteiger partial charge in [0, 0.05) is 42.6 Å². The Labute approximate surface area is 203 Å². The van der Waals surface area contributed by atoms with E-state index in [0.717, 1.165) is 5.56 Å². The first-order valence-electron chi connectivity index (χ1n) is 10.6. The maximum Gasteiger partial charge on any atom is 0.317 e. The van der Waals surface area contributed by atoms with Gasteiger partial charge >= 0.3 is 6.03 Å². The first-order chi connectivity index (χ1) is 15.1. The molecule has 2 amide bonds. The number of hydrogen-bond donors (Lipinski definition) is 3. The third kappa shape index (κ3) is 7.43. The van der Waals surface area contributed by atoms with Crippen molar-refractivity contribution >= 4 is 40.6 Å². The molecule has 0 aromatic heterocycles. The average molecular weight is 506 g/mol. The Morgan fingerprint density at radius 2 is 2.00 bits per heavy atom. The number of hydrogen-bond acceptors (Lipinski definition) is 5. The van der Waals surface area contributed by atoms with Gasteiger partial charge in [-0.3, -0.25) is 0 Å². The second-order valence-corrected chi connectivity index (χ2v) is 11.5. The van der Waals surface area contributed by atoms with E-state index in [1.807, 2.05) is 20.8 Å². The summed E-state index contributed by atoms with van der Waals surface area (Å²) in [6.45, 7) is 10.9. The fourth-order valence-electron chi connectivity index (χ4n) is 3.48. The number of benzene rings is 1. The Balaban J connectivity index is 2.31. The van der Waals surface area contributed by atoms with E-state index in [1.54, 1.807) is 23.1 Å². The largest absolute Gasteiger partial charge is 0.598 e. The Kier molecular flexibility index (Phi) is 10.4. The van der Waals surface area contributed by atoms with E-state index in [0.29, 0.717) is 48.3 Å². The van der Waals surface area contributed by atoms with Gasteiger partial charge in [-0.25, -0.2) is 4.79 Å². The van der Waals surface area contributed by atoms with Gasteiger partial charge in [0.2, 0.25) is 0 Å². The number of aliphatic hydroxyl groups is 1. The van der Waals surface area contributed by atoms with Gasteiger partial charge in [0.1, 0.15) is 17.1 Å². The molecule has 1 aliphatic rings. The summed E-state index contributed by atoms with van der Waals surface area (Å²) in [4.78, 5) is 14.0. The minimum absolute atomic E-state index is 0.0894. The summed E-state index contributed by atoms with van der Waals surface area (Å²) in [5, 5.41) is 12.4. The van der Waals surface area contributed by atoms with Gasteiger partial charge in [0.25, 0.3) is 0 Å². The van der Waals surface area contributed by atoms with Gasteiger partial charge in [0.15, 0.2) is 0 Å². The molecule has 2 rings (SSSR count). The number of amides is 2. The van der Waals surface area contributed by atoms with Crippen LogP contribution >= 0.6 is 23.2 Å². The number of likely N-dealkylation sites (tertiary alicyclic amines) is 1. The molecule has 1 saturated heterocycles. The molecule has 0 radical (unpaired) electrons. The number of ether oxygens (including phenoxy) is 1. The average Bonchev–Trinajstić information content (AvgIpc) is 2.75. The molecule has 1 heterocycles. The first-order valence-corrected chi connectivity index (χ1v) is 12.5. The third-order valence-electron chi connectivity index (χ3n) is 5.22. The number of carbonyl (C=O) groups is 1. The van der Waals surface area contributed by atoms with Crippen molar-refractivity contribution in [2.45, 2.75) is 44.4 Å². The molecule has 1 unspecified atom stereocenters. The van der Waals surface area contributed by atoms with Crippen LogP contribution in [0, 0.1) is 5.92 Å². The van der Waals surface area contributed by atoms with Crippen LogP contribution in [0.15, 0.2) is 24.8 Å². The quantitative estimate of drug-likeness (QED) is 0.347. The van der Waals surface area contributed by atoms with Crippen LogP contribution in [0.4, 0.5) is 4.79 Å². The highest BCUT2D eigenvalue weighted by Crippen LogP contribution is 2.40. The molecule has 0 spiro atoms. The molecule has 32 heavy (non-hydrogen) atoms. The molecule has 1 aromatic carbocycles. The maximum atomic E-state index is 13.0. The molecular formula is C22H33Cl2N3O4S. The van der Waals surface area contributed by atoms with Crippen molar-refractivity contribution in [2.75, 3.05) is 32.8 Å². The highest BCUT2D eigenvalue weighted by molar-refractivity contribution is 7.90. The SMILES string of the molecule is C=CCOc1cc(Cl)c(Cl)cc1C(N[S@+]([O-])C(C)(C)C)C1CCN(C(=O)NCCO)CC1. The smallest absolute Gasteiger partial charge is 0.317 e. The lowest BCUT2D eigenvalue weighted by atomic mass is 9.85. The summed E-state index contributed by atoms with van der Waals surface area (Å²) in [6.07, 6.45) is 3.05. The Bertz CT molecular complexity index is 783. The number of urea groups is 1. The topological polar surface area (TPSA) is 96.9 Å². The predicted molar refractivity (Wildman–Crippen MR) is 131 cm³/mol. The van der Waals surface area contributed by atoms with Gasteiger partial charge < -0.3 is 24.6 Å². The zero-order chi connectivity index (χ0) is 23.9. The second-order valence-electron chi connectivity index (χ2n) is 8.66. The minimum atomic E-state index is -1.34. The number of aliphatic hydroxyl groups excluding tert-OH is 1. The molecule has 2 atom stereocenters. The highest BCUT2D eigenvalue weighted by atomic mass is 35.5. The summed E-state index contributed by atoms with van der Waals surface area (Å²) < 4.78 is 21.7. The van der Waals surface area contributed by atoms with Crippen LogP contribution in [0.1, 0.15) is 45.2 Å². The van der Waals surface area contributed by atoms with Crippen LogP contribution in [0.25, 0.3) is 0 Å². The normalized spacial score (nSPS) is 17.0. The van der Waals surface area contributed by atoms with E-state index < -0.39 is 16.1 Å². The van der Waals surface area contributed by atoms with E-state index >= 15 is 0 Å². The zero-order valence-electron chi connectivity index (χ0n) is 18.8. The van der Waals surface area contributed by atoms with E-state index in [2.05, 4.69) is 16.6 Å². The van der Waals surface area contributed by atoms with E-state index in [4.69, 9.17) is 33.0 Å². The maximum absolute atomic E-state index is 13.0. The van der Waals surface area contributed by atoms with Crippen molar-refractivity contribution < 1.29 is 19.2 Å². The Hall–Kier alpha value is -1.16. The molecule has 180 valence electrons. The van der Waals surface area contributed by atoms with Crippen LogP contribution in [-0.4, -0.2) is 58.2 Å². The minimum Gasteiger partial charge on any atom is -0.598 e. The summed E-state index contributed by atoms with van der Waals surface area (Å²) in [7, 11) is 0.